The molecule has 1 aromatic heterocycles. The normalized spacial score (nSPS) is 10.7. The van der Waals surface area contributed by atoms with Gasteiger partial charge in [-0.2, -0.15) is 5.10 Å². The number of aryl methyl sites for hydroxylation is 1. The van der Waals surface area contributed by atoms with Crippen LogP contribution in [0.3, 0.4) is 0 Å². The number of rotatable bonds is 5. The molecule has 1 N–H and O–H groups in total. The van der Waals surface area contributed by atoms with Crippen molar-refractivity contribution in [2.45, 2.75) is 26.9 Å². The number of nitrogens with zero attached hydrogens (tertiary/aromatic N) is 2. The van der Waals surface area contributed by atoms with Crippen LogP contribution in [0.2, 0.25) is 0 Å². The van der Waals surface area contributed by atoms with Gasteiger partial charge in [0.2, 0.25) is 0 Å². The average molecular weight is 229 g/mol. The summed E-state index contributed by atoms with van der Waals surface area (Å²) in [6, 6.07) is 10.6. The topological polar surface area (TPSA) is 29.9 Å². The quantitative estimate of drug-likeness (QED) is 0.854. The Morgan fingerprint density at radius 3 is 2.76 bits per heavy atom. The molecule has 0 atom stereocenters. The zero-order valence-electron chi connectivity index (χ0n) is 10.5. The molecule has 0 saturated carbocycles. The fourth-order valence-electron chi connectivity index (χ4n) is 2.00. The number of hydrogen-bond acceptors (Lipinski definition) is 2. The molecule has 0 amide bonds. The minimum Gasteiger partial charge on any atom is -0.313 e. The molecule has 17 heavy (non-hydrogen) atoms. The highest BCUT2D eigenvalue weighted by Gasteiger charge is 2.08. The molecule has 1 heterocycles. The number of hydrogen-bond donors (Lipinski definition) is 1. The van der Waals surface area contributed by atoms with Crippen LogP contribution in [-0.4, -0.2) is 16.3 Å². The van der Waals surface area contributed by atoms with E-state index in [2.05, 4.69) is 54.6 Å². The van der Waals surface area contributed by atoms with Gasteiger partial charge in [0.1, 0.15) is 0 Å². The van der Waals surface area contributed by atoms with Gasteiger partial charge >= 0.3 is 0 Å². The molecule has 3 heteroatoms. The van der Waals surface area contributed by atoms with Crippen LogP contribution in [0.1, 0.15) is 19.4 Å². The van der Waals surface area contributed by atoms with E-state index in [1.54, 1.807) is 0 Å². The van der Waals surface area contributed by atoms with Gasteiger partial charge in [-0.3, -0.25) is 4.68 Å². The van der Waals surface area contributed by atoms with Crippen molar-refractivity contribution in [2.24, 2.45) is 0 Å². The van der Waals surface area contributed by atoms with Gasteiger partial charge in [0.15, 0.2) is 0 Å². The molecule has 3 nitrogen and oxygen atoms in total. The second-order valence-electron chi connectivity index (χ2n) is 3.97. The van der Waals surface area contributed by atoms with Crippen LogP contribution in [0.25, 0.3) is 11.3 Å². The predicted molar refractivity (Wildman–Crippen MR) is 70.7 cm³/mol. The monoisotopic (exact) mass is 229 g/mol. The fourth-order valence-corrected chi connectivity index (χ4v) is 2.00. The minimum absolute atomic E-state index is 0.901. The largest absolute Gasteiger partial charge is 0.313 e. The van der Waals surface area contributed by atoms with Crippen molar-refractivity contribution in [3.63, 3.8) is 0 Å². The van der Waals surface area contributed by atoms with E-state index in [1.807, 2.05) is 10.9 Å². The van der Waals surface area contributed by atoms with E-state index >= 15 is 0 Å². The Morgan fingerprint density at radius 2 is 2.00 bits per heavy atom. The van der Waals surface area contributed by atoms with Gasteiger partial charge < -0.3 is 5.32 Å². The number of benzene rings is 1. The highest BCUT2D eigenvalue weighted by Crippen LogP contribution is 2.23. The Kier molecular flexibility index (Phi) is 3.94. The van der Waals surface area contributed by atoms with E-state index in [-0.39, 0.29) is 0 Å². The average Bonchev–Trinajstić information content (AvgIpc) is 2.84. The zero-order valence-corrected chi connectivity index (χ0v) is 10.5. The molecule has 90 valence electrons. The van der Waals surface area contributed by atoms with E-state index in [9.17, 15) is 0 Å². The number of aromatic nitrogens is 2. The summed E-state index contributed by atoms with van der Waals surface area (Å²) in [4.78, 5) is 0. The first kappa shape index (κ1) is 11.9. The van der Waals surface area contributed by atoms with E-state index < -0.39 is 0 Å². The highest BCUT2D eigenvalue weighted by atomic mass is 15.3. The van der Waals surface area contributed by atoms with E-state index in [1.165, 1.54) is 16.8 Å². The lowest BCUT2D eigenvalue weighted by Crippen LogP contribution is -2.13. The molecule has 2 aromatic rings. The van der Waals surface area contributed by atoms with E-state index in [0.29, 0.717) is 0 Å². The van der Waals surface area contributed by atoms with Crippen molar-refractivity contribution < 1.29 is 0 Å². The van der Waals surface area contributed by atoms with Crippen LogP contribution in [0, 0.1) is 0 Å². The molecular weight excluding hydrogens is 210 g/mol. The molecule has 0 saturated heterocycles. The summed E-state index contributed by atoms with van der Waals surface area (Å²) < 4.78 is 2.03. The predicted octanol–water partition coefficient (Wildman–Crippen LogP) is 2.68. The lowest BCUT2D eigenvalue weighted by molar-refractivity contribution is 0.665. The summed E-state index contributed by atoms with van der Waals surface area (Å²) >= 11 is 0. The van der Waals surface area contributed by atoms with Gasteiger partial charge in [0.25, 0.3) is 0 Å². The van der Waals surface area contributed by atoms with E-state index in [4.69, 9.17) is 0 Å². The van der Waals surface area contributed by atoms with Crippen LogP contribution in [0.4, 0.5) is 0 Å². The molecule has 0 unspecified atom stereocenters. The smallest absolute Gasteiger partial charge is 0.0685 e. The van der Waals surface area contributed by atoms with Gasteiger partial charge in [-0.1, -0.05) is 31.2 Å². The third-order valence-electron chi connectivity index (χ3n) is 2.87. The first-order chi connectivity index (χ1) is 8.36. The molecule has 0 bridgehead atoms. The van der Waals surface area contributed by atoms with Crippen molar-refractivity contribution in [2.75, 3.05) is 6.54 Å². The lowest BCUT2D eigenvalue weighted by atomic mass is 10.0. The van der Waals surface area contributed by atoms with Crippen molar-refractivity contribution >= 4 is 0 Å². The van der Waals surface area contributed by atoms with Crippen LogP contribution < -0.4 is 5.32 Å². The van der Waals surface area contributed by atoms with Gasteiger partial charge in [-0.15, -0.1) is 0 Å². The lowest BCUT2D eigenvalue weighted by Gasteiger charge is -2.11. The highest BCUT2D eigenvalue weighted by molar-refractivity contribution is 5.63. The minimum atomic E-state index is 0.901. The third-order valence-corrected chi connectivity index (χ3v) is 2.87. The fraction of sp³-hybridized carbons (Fsp3) is 0.357. The van der Waals surface area contributed by atoms with Gasteiger partial charge in [0.05, 0.1) is 5.69 Å². The summed E-state index contributed by atoms with van der Waals surface area (Å²) in [5.41, 5.74) is 3.79. The standard InChI is InChI=1S/C14H19N3/c1-3-15-11-12-7-5-6-8-13(12)14-9-10-16-17(14)4-2/h5-10,15H,3-4,11H2,1-2H3. The maximum absolute atomic E-state index is 4.33. The van der Waals surface area contributed by atoms with Crippen LogP contribution in [0.15, 0.2) is 36.5 Å². The van der Waals surface area contributed by atoms with E-state index in [0.717, 1.165) is 19.6 Å². The summed E-state index contributed by atoms with van der Waals surface area (Å²) in [5.74, 6) is 0. The van der Waals surface area contributed by atoms with Crippen LogP contribution in [-0.2, 0) is 13.1 Å². The van der Waals surface area contributed by atoms with Crippen molar-refractivity contribution in [1.29, 1.82) is 0 Å². The molecule has 2 rings (SSSR count). The SMILES string of the molecule is CCNCc1ccccc1-c1ccnn1CC. The Labute approximate surface area is 102 Å². The molecule has 0 aliphatic rings. The molecular formula is C14H19N3. The van der Waals surface area contributed by atoms with Crippen molar-refractivity contribution in [1.82, 2.24) is 15.1 Å². The third kappa shape index (κ3) is 2.56. The first-order valence-corrected chi connectivity index (χ1v) is 6.17. The Bertz CT molecular complexity index is 474. The Morgan fingerprint density at radius 1 is 1.18 bits per heavy atom. The van der Waals surface area contributed by atoms with Gasteiger partial charge in [-0.25, -0.2) is 0 Å². The first-order valence-electron chi connectivity index (χ1n) is 6.17. The Hall–Kier alpha value is -1.61. The van der Waals surface area contributed by atoms with Crippen molar-refractivity contribution in [3.8, 4) is 11.3 Å². The van der Waals surface area contributed by atoms with Crippen molar-refractivity contribution in [3.05, 3.63) is 42.1 Å². The molecule has 0 aliphatic carbocycles. The summed E-state index contributed by atoms with van der Waals surface area (Å²) in [5, 5.41) is 7.70. The summed E-state index contributed by atoms with van der Waals surface area (Å²) in [6.07, 6.45) is 1.86. The maximum atomic E-state index is 4.33. The number of nitrogens with one attached hydrogen (secondary N) is 1. The van der Waals surface area contributed by atoms with Gasteiger partial charge in [-0.05, 0) is 25.1 Å². The molecule has 0 fully saturated rings. The molecule has 0 aliphatic heterocycles. The second-order valence-corrected chi connectivity index (χ2v) is 3.97. The molecule has 1 aromatic carbocycles. The molecule has 0 radical (unpaired) electrons. The summed E-state index contributed by atoms with van der Waals surface area (Å²) in [6.45, 7) is 7.03. The Balaban J connectivity index is 2.37. The summed E-state index contributed by atoms with van der Waals surface area (Å²) in [7, 11) is 0. The second kappa shape index (κ2) is 5.64. The van der Waals surface area contributed by atoms with Crippen LogP contribution in [0.5, 0.6) is 0 Å². The van der Waals surface area contributed by atoms with Gasteiger partial charge in [0, 0.05) is 24.8 Å². The zero-order chi connectivity index (χ0) is 12.1. The van der Waals surface area contributed by atoms with Crippen LogP contribution >= 0.6 is 0 Å². The maximum Gasteiger partial charge on any atom is 0.0685 e. The molecule has 0 spiro atoms.